The van der Waals surface area contributed by atoms with E-state index in [1.807, 2.05) is 0 Å². The van der Waals surface area contributed by atoms with Crippen LogP contribution in [0, 0.1) is 0 Å². The molecule has 0 aromatic heterocycles. The average molecular weight is 206 g/mol. The second-order valence-electron chi connectivity index (χ2n) is 4.42. The number of fused-ring (bicyclic) bond motifs is 1. The molecule has 1 aromatic carbocycles. The van der Waals surface area contributed by atoms with Crippen LogP contribution >= 0.6 is 0 Å². The molecule has 0 amide bonds. The molecule has 0 fully saturated rings. The third-order valence-electron chi connectivity index (χ3n) is 3.31. The summed E-state index contributed by atoms with van der Waals surface area (Å²) >= 11 is 0. The first kappa shape index (κ1) is 10.3. The van der Waals surface area contributed by atoms with Gasteiger partial charge in [0.25, 0.3) is 0 Å². The van der Waals surface area contributed by atoms with E-state index >= 15 is 0 Å². The number of benzene rings is 1. The van der Waals surface area contributed by atoms with Crippen LogP contribution in [-0.2, 0) is 6.42 Å². The van der Waals surface area contributed by atoms with Gasteiger partial charge in [-0.05, 0) is 54.9 Å². The second kappa shape index (κ2) is 4.13. The maximum Gasteiger partial charge on any atom is 0.157 e. The number of phenolic OH excluding ortho intramolecular Hbond substituents is 2. The van der Waals surface area contributed by atoms with Crippen LogP contribution in [0.1, 0.15) is 49.7 Å². The Morgan fingerprint density at radius 2 is 2.00 bits per heavy atom. The molecule has 0 spiro atoms. The quantitative estimate of drug-likeness (QED) is 0.729. The van der Waals surface area contributed by atoms with Gasteiger partial charge >= 0.3 is 0 Å². The Balaban J connectivity index is 2.38. The summed E-state index contributed by atoms with van der Waals surface area (Å²) in [6.45, 7) is 2.19. The van der Waals surface area contributed by atoms with Gasteiger partial charge in [0.15, 0.2) is 11.5 Å². The molecule has 0 bridgehead atoms. The third kappa shape index (κ3) is 1.94. The SMILES string of the molecule is CCCC1CCCc2cc(O)c(O)cc21. The minimum Gasteiger partial charge on any atom is -0.504 e. The van der Waals surface area contributed by atoms with Crippen molar-refractivity contribution in [1.29, 1.82) is 0 Å². The fraction of sp³-hybridized carbons (Fsp3) is 0.538. The van der Waals surface area contributed by atoms with E-state index in [2.05, 4.69) is 6.92 Å². The lowest BCUT2D eigenvalue weighted by Gasteiger charge is -2.25. The van der Waals surface area contributed by atoms with E-state index in [4.69, 9.17) is 0 Å². The van der Waals surface area contributed by atoms with Crippen LogP contribution in [0.5, 0.6) is 11.5 Å². The number of phenols is 2. The van der Waals surface area contributed by atoms with Gasteiger partial charge in [-0.25, -0.2) is 0 Å². The molecular weight excluding hydrogens is 188 g/mol. The summed E-state index contributed by atoms with van der Waals surface area (Å²) in [5, 5.41) is 19.0. The van der Waals surface area contributed by atoms with Crippen molar-refractivity contribution in [3.05, 3.63) is 23.3 Å². The van der Waals surface area contributed by atoms with E-state index in [1.165, 1.54) is 36.8 Å². The van der Waals surface area contributed by atoms with Gasteiger partial charge in [-0.1, -0.05) is 13.3 Å². The van der Waals surface area contributed by atoms with E-state index in [1.54, 1.807) is 12.1 Å². The van der Waals surface area contributed by atoms with Gasteiger partial charge in [0.2, 0.25) is 0 Å². The Hall–Kier alpha value is -1.18. The lowest BCUT2D eigenvalue weighted by Crippen LogP contribution is -2.09. The van der Waals surface area contributed by atoms with Crippen molar-refractivity contribution in [3.8, 4) is 11.5 Å². The Kier molecular flexibility index (Phi) is 2.85. The number of aromatic hydroxyl groups is 2. The molecule has 0 heterocycles. The highest BCUT2D eigenvalue weighted by Crippen LogP contribution is 2.39. The fourth-order valence-corrected chi connectivity index (χ4v) is 2.58. The van der Waals surface area contributed by atoms with Crippen LogP contribution in [-0.4, -0.2) is 10.2 Å². The first-order chi connectivity index (χ1) is 7.22. The minimum atomic E-state index is 0.0194. The molecule has 1 aliphatic rings. The molecule has 1 aromatic rings. The molecule has 2 rings (SSSR count). The van der Waals surface area contributed by atoms with E-state index in [9.17, 15) is 10.2 Å². The first-order valence-electron chi connectivity index (χ1n) is 5.77. The number of hydrogen-bond donors (Lipinski definition) is 2. The maximum atomic E-state index is 9.51. The zero-order valence-corrected chi connectivity index (χ0v) is 9.16. The molecule has 15 heavy (non-hydrogen) atoms. The molecule has 1 unspecified atom stereocenters. The van der Waals surface area contributed by atoms with Crippen molar-refractivity contribution in [3.63, 3.8) is 0 Å². The Morgan fingerprint density at radius 1 is 1.27 bits per heavy atom. The van der Waals surface area contributed by atoms with Crippen LogP contribution in [0.15, 0.2) is 12.1 Å². The van der Waals surface area contributed by atoms with Gasteiger partial charge in [0, 0.05) is 0 Å². The highest BCUT2D eigenvalue weighted by Gasteiger charge is 2.21. The van der Waals surface area contributed by atoms with Crippen molar-refractivity contribution < 1.29 is 10.2 Å². The Morgan fingerprint density at radius 3 is 2.73 bits per heavy atom. The van der Waals surface area contributed by atoms with Crippen molar-refractivity contribution in [1.82, 2.24) is 0 Å². The Bertz CT molecular complexity index is 358. The van der Waals surface area contributed by atoms with Crippen molar-refractivity contribution in [2.45, 2.75) is 44.9 Å². The molecule has 1 atom stereocenters. The smallest absolute Gasteiger partial charge is 0.157 e. The van der Waals surface area contributed by atoms with Crippen molar-refractivity contribution >= 4 is 0 Å². The molecule has 0 saturated carbocycles. The standard InChI is InChI=1S/C13H18O2/c1-2-4-9-5-3-6-10-7-12(14)13(15)8-11(9)10/h7-9,14-15H,2-6H2,1H3. The Labute approximate surface area is 90.6 Å². The summed E-state index contributed by atoms with van der Waals surface area (Å²) in [7, 11) is 0. The zero-order chi connectivity index (χ0) is 10.8. The van der Waals surface area contributed by atoms with Gasteiger partial charge in [0.1, 0.15) is 0 Å². The molecule has 2 heteroatoms. The monoisotopic (exact) mass is 206 g/mol. The minimum absolute atomic E-state index is 0.0194. The van der Waals surface area contributed by atoms with Crippen LogP contribution in [0.4, 0.5) is 0 Å². The summed E-state index contributed by atoms with van der Waals surface area (Å²) in [6.07, 6.45) is 5.79. The predicted octanol–water partition coefficient (Wildman–Crippen LogP) is 3.32. The van der Waals surface area contributed by atoms with E-state index in [-0.39, 0.29) is 11.5 Å². The van der Waals surface area contributed by atoms with Crippen molar-refractivity contribution in [2.24, 2.45) is 0 Å². The van der Waals surface area contributed by atoms with Gasteiger partial charge in [-0.15, -0.1) is 0 Å². The largest absolute Gasteiger partial charge is 0.504 e. The lowest BCUT2D eigenvalue weighted by molar-refractivity contribution is 0.399. The lowest BCUT2D eigenvalue weighted by atomic mass is 9.80. The van der Waals surface area contributed by atoms with E-state index in [0.717, 1.165) is 6.42 Å². The summed E-state index contributed by atoms with van der Waals surface area (Å²) in [5.41, 5.74) is 2.47. The van der Waals surface area contributed by atoms with Gasteiger partial charge < -0.3 is 10.2 Å². The molecular formula is C13H18O2. The average Bonchev–Trinajstić information content (AvgIpc) is 2.21. The van der Waals surface area contributed by atoms with Crippen LogP contribution < -0.4 is 0 Å². The van der Waals surface area contributed by atoms with Crippen molar-refractivity contribution in [2.75, 3.05) is 0 Å². The highest BCUT2D eigenvalue weighted by atomic mass is 16.3. The molecule has 0 radical (unpaired) electrons. The molecule has 0 aliphatic heterocycles. The van der Waals surface area contributed by atoms with Gasteiger partial charge in [-0.2, -0.15) is 0 Å². The first-order valence-corrected chi connectivity index (χ1v) is 5.77. The zero-order valence-electron chi connectivity index (χ0n) is 9.16. The topological polar surface area (TPSA) is 40.5 Å². The van der Waals surface area contributed by atoms with E-state index in [0.29, 0.717) is 5.92 Å². The summed E-state index contributed by atoms with van der Waals surface area (Å²) in [4.78, 5) is 0. The molecule has 1 aliphatic carbocycles. The van der Waals surface area contributed by atoms with Crippen LogP contribution in [0.3, 0.4) is 0 Å². The molecule has 2 nitrogen and oxygen atoms in total. The third-order valence-corrected chi connectivity index (χ3v) is 3.31. The van der Waals surface area contributed by atoms with Crippen LogP contribution in [0.25, 0.3) is 0 Å². The molecule has 0 saturated heterocycles. The summed E-state index contributed by atoms with van der Waals surface area (Å²) < 4.78 is 0. The summed E-state index contributed by atoms with van der Waals surface area (Å²) in [6, 6.07) is 3.48. The molecule has 82 valence electrons. The summed E-state index contributed by atoms with van der Waals surface area (Å²) in [5.74, 6) is 0.618. The normalized spacial score (nSPS) is 19.9. The number of aryl methyl sites for hydroxylation is 1. The van der Waals surface area contributed by atoms with Gasteiger partial charge in [0.05, 0.1) is 0 Å². The second-order valence-corrected chi connectivity index (χ2v) is 4.42. The maximum absolute atomic E-state index is 9.51. The predicted molar refractivity (Wildman–Crippen MR) is 60.4 cm³/mol. The van der Waals surface area contributed by atoms with E-state index < -0.39 is 0 Å². The fourth-order valence-electron chi connectivity index (χ4n) is 2.58. The number of hydrogen-bond acceptors (Lipinski definition) is 2. The van der Waals surface area contributed by atoms with Crippen LogP contribution in [0.2, 0.25) is 0 Å². The van der Waals surface area contributed by atoms with Gasteiger partial charge in [-0.3, -0.25) is 0 Å². The highest BCUT2D eigenvalue weighted by molar-refractivity contribution is 5.47. The number of rotatable bonds is 2. The molecule has 2 N–H and O–H groups in total.